The summed E-state index contributed by atoms with van der Waals surface area (Å²) in [5.74, 6) is -2.08. The van der Waals surface area contributed by atoms with E-state index in [0.29, 0.717) is 38.8 Å². The van der Waals surface area contributed by atoms with Gasteiger partial charge in [-0.05, 0) is 56.1 Å². The minimum atomic E-state index is -1.07. The van der Waals surface area contributed by atoms with Crippen molar-refractivity contribution in [2.24, 2.45) is 5.92 Å². The molecule has 4 amide bonds. The average Bonchev–Trinajstić information content (AvgIpc) is 3.65. The van der Waals surface area contributed by atoms with Crippen LogP contribution in [0, 0.1) is 5.92 Å². The second-order valence-electron chi connectivity index (χ2n) is 12.6. The fraction of sp³-hybridized carbons (Fsp3) is 0.462. The number of hydrogen-bond donors (Lipinski definition) is 4. The number of hydrogen-bond acceptors (Lipinski definition) is 9. The van der Waals surface area contributed by atoms with E-state index in [1.54, 1.807) is 23.1 Å². The first kappa shape index (κ1) is 41.3. The summed E-state index contributed by atoms with van der Waals surface area (Å²) >= 11 is 0. The molecule has 1 aliphatic rings. The van der Waals surface area contributed by atoms with Gasteiger partial charge < -0.3 is 40.2 Å². The molecular formula is C39H52N4O9. The topological polar surface area (TPSA) is 173 Å². The van der Waals surface area contributed by atoms with Crippen molar-refractivity contribution < 1.29 is 43.3 Å². The molecule has 0 bridgehead atoms. The van der Waals surface area contributed by atoms with E-state index in [1.807, 2.05) is 48.5 Å². The average molecular weight is 721 g/mol. The minimum absolute atomic E-state index is 0.0169. The van der Waals surface area contributed by atoms with Gasteiger partial charge in [0.25, 0.3) is 0 Å². The van der Waals surface area contributed by atoms with E-state index >= 15 is 0 Å². The molecule has 1 aliphatic heterocycles. The van der Waals surface area contributed by atoms with E-state index in [1.165, 1.54) is 6.08 Å². The van der Waals surface area contributed by atoms with Crippen LogP contribution in [0.5, 0.6) is 0 Å². The Kier molecular flexibility index (Phi) is 18.5. The normalized spacial score (nSPS) is 15.3. The number of aliphatic hydroxyl groups is 1. The summed E-state index contributed by atoms with van der Waals surface area (Å²) in [6, 6.07) is 16.4. The number of likely N-dealkylation sites (tertiary alicyclic amines) is 1. The van der Waals surface area contributed by atoms with E-state index in [4.69, 9.17) is 14.2 Å². The molecule has 0 aliphatic carbocycles. The molecule has 0 saturated carbocycles. The van der Waals surface area contributed by atoms with Crippen LogP contribution in [0.4, 0.5) is 9.59 Å². The van der Waals surface area contributed by atoms with Gasteiger partial charge >= 0.3 is 18.2 Å². The molecule has 282 valence electrons. The van der Waals surface area contributed by atoms with Crippen molar-refractivity contribution in [3.05, 3.63) is 97.1 Å². The molecule has 0 spiro atoms. The lowest BCUT2D eigenvalue weighted by molar-refractivity contribution is -0.147. The van der Waals surface area contributed by atoms with E-state index in [-0.39, 0.29) is 57.6 Å². The van der Waals surface area contributed by atoms with Gasteiger partial charge in [-0.3, -0.25) is 9.59 Å². The lowest BCUT2D eigenvalue weighted by Gasteiger charge is -2.26. The predicted octanol–water partition coefficient (Wildman–Crippen LogP) is 4.55. The number of aliphatic hydroxyl groups excluding tert-OH is 1. The lowest BCUT2D eigenvalue weighted by Crippen LogP contribution is -2.46. The van der Waals surface area contributed by atoms with Crippen LogP contribution in [-0.2, 0) is 41.8 Å². The first-order valence-electron chi connectivity index (χ1n) is 17.7. The van der Waals surface area contributed by atoms with Gasteiger partial charge in [-0.2, -0.15) is 0 Å². The maximum absolute atomic E-state index is 13.5. The first-order chi connectivity index (χ1) is 25.2. The molecule has 1 saturated heterocycles. The van der Waals surface area contributed by atoms with E-state index in [0.717, 1.165) is 17.5 Å². The van der Waals surface area contributed by atoms with Gasteiger partial charge in [-0.25, -0.2) is 14.4 Å². The molecule has 2 aromatic carbocycles. The highest BCUT2D eigenvalue weighted by molar-refractivity contribution is 5.86. The zero-order valence-corrected chi connectivity index (χ0v) is 29.7. The summed E-state index contributed by atoms with van der Waals surface area (Å²) in [5.41, 5.74) is 1.65. The largest absolute Gasteiger partial charge is 0.462 e. The Morgan fingerprint density at radius 3 is 2.10 bits per heavy atom. The smallest absolute Gasteiger partial charge is 0.408 e. The van der Waals surface area contributed by atoms with E-state index in [2.05, 4.69) is 29.1 Å². The van der Waals surface area contributed by atoms with Crippen LogP contribution in [0.1, 0.15) is 62.5 Å². The summed E-state index contributed by atoms with van der Waals surface area (Å²) in [6.07, 6.45) is 4.91. The Morgan fingerprint density at radius 1 is 0.846 bits per heavy atom. The van der Waals surface area contributed by atoms with Crippen LogP contribution in [-0.4, -0.2) is 84.4 Å². The van der Waals surface area contributed by atoms with Gasteiger partial charge in [0.1, 0.15) is 25.9 Å². The standard InChI is InChI=1S/C39H52N4O9/c1-3-14-31(24-35(45)43-23-13-21-33(43)25-44)36(46)41-32(20-11-12-22-40-38(48)51-26-29-16-7-5-8-17-29)28-50-37(47)34(15-4-2)42-39(49)52-27-30-18-9-6-10-19-30/h3-10,16-19,31-34,44H,1-2,11-15,20-28H2,(H,40,48)(H,41,46)(H,42,49)/t31-,32+,33+,34-/m1/s1. The molecule has 0 radical (unpaired) electrons. The maximum atomic E-state index is 13.5. The maximum Gasteiger partial charge on any atom is 0.408 e. The second kappa shape index (κ2) is 23.3. The third-order valence-corrected chi connectivity index (χ3v) is 8.58. The Hall–Kier alpha value is -5.17. The van der Waals surface area contributed by atoms with Crippen LogP contribution in [0.15, 0.2) is 86.0 Å². The number of nitrogens with zero attached hydrogens (tertiary/aromatic N) is 1. The van der Waals surface area contributed by atoms with Gasteiger partial charge in [0.05, 0.1) is 24.6 Å². The number of ether oxygens (including phenoxy) is 3. The molecule has 13 heteroatoms. The second-order valence-corrected chi connectivity index (χ2v) is 12.6. The molecule has 0 aromatic heterocycles. The molecular weight excluding hydrogens is 668 g/mol. The van der Waals surface area contributed by atoms with E-state index in [9.17, 15) is 29.1 Å². The van der Waals surface area contributed by atoms with Crippen molar-refractivity contribution in [3.63, 3.8) is 0 Å². The number of allylic oxidation sites excluding steroid dienone is 1. The van der Waals surface area contributed by atoms with E-state index < -0.39 is 42.1 Å². The number of amides is 4. The fourth-order valence-electron chi connectivity index (χ4n) is 5.73. The number of rotatable bonds is 22. The number of alkyl carbamates (subject to hydrolysis) is 2. The van der Waals surface area contributed by atoms with Crippen LogP contribution in [0.3, 0.4) is 0 Å². The summed E-state index contributed by atoms with van der Waals surface area (Å²) in [4.78, 5) is 66.1. The predicted molar refractivity (Wildman–Crippen MR) is 194 cm³/mol. The molecule has 4 N–H and O–H groups in total. The molecule has 0 unspecified atom stereocenters. The molecule has 13 nitrogen and oxygen atoms in total. The molecule has 1 fully saturated rings. The van der Waals surface area contributed by atoms with Gasteiger partial charge in [0, 0.05) is 19.5 Å². The van der Waals surface area contributed by atoms with Crippen LogP contribution in [0.25, 0.3) is 0 Å². The Bertz CT molecular complexity index is 1440. The van der Waals surface area contributed by atoms with Crippen LogP contribution >= 0.6 is 0 Å². The van der Waals surface area contributed by atoms with Gasteiger partial charge in [0.15, 0.2) is 0 Å². The van der Waals surface area contributed by atoms with Gasteiger partial charge in [-0.1, -0.05) is 72.8 Å². The minimum Gasteiger partial charge on any atom is -0.462 e. The summed E-state index contributed by atoms with van der Waals surface area (Å²) in [7, 11) is 0. The molecule has 1 heterocycles. The van der Waals surface area contributed by atoms with Crippen molar-refractivity contribution in [3.8, 4) is 0 Å². The number of nitrogens with one attached hydrogen (secondary N) is 3. The summed E-state index contributed by atoms with van der Waals surface area (Å²) in [5, 5.41) is 17.8. The highest BCUT2D eigenvalue weighted by Crippen LogP contribution is 2.21. The van der Waals surface area contributed by atoms with Crippen LogP contribution in [0.2, 0.25) is 0 Å². The Balaban J connectivity index is 1.57. The molecule has 3 rings (SSSR count). The van der Waals surface area contributed by atoms with Gasteiger partial charge in [0.2, 0.25) is 11.8 Å². The quantitative estimate of drug-likeness (QED) is 0.0590. The Morgan fingerprint density at radius 2 is 1.48 bits per heavy atom. The SMILES string of the molecule is C=CC[C@H](CC(=O)N1CCC[C@H]1CO)C(=O)N[C@@H](CCCCNC(=O)OCc1ccccc1)COC(=O)[C@@H](CC=C)NC(=O)OCc1ccccc1. The molecule has 52 heavy (non-hydrogen) atoms. The lowest BCUT2D eigenvalue weighted by atomic mass is 9.98. The van der Waals surface area contributed by atoms with Crippen molar-refractivity contribution >= 4 is 30.0 Å². The monoisotopic (exact) mass is 720 g/mol. The third kappa shape index (κ3) is 15.0. The van der Waals surface area contributed by atoms with Crippen molar-refractivity contribution in [1.29, 1.82) is 0 Å². The molecule has 2 aromatic rings. The zero-order valence-electron chi connectivity index (χ0n) is 29.7. The van der Waals surface area contributed by atoms with Crippen molar-refractivity contribution in [2.75, 3.05) is 26.3 Å². The number of unbranched alkanes of at least 4 members (excludes halogenated alkanes) is 1. The summed E-state index contributed by atoms with van der Waals surface area (Å²) < 4.78 is 16.1. The zero-order chi connectivity index (χ0) is 37.6. The highest BCUT2D eigenvalue weighted by Gasteiger charge is 2.32. The first-order valence-corrected chi connectivity index (χ1v) is 17.7. The Labute approximate surface area is 305 Å². The molecule has 4 atom stereocenters. The number of carbonyl (C=O) groups is 5. The number of benzene rings is 2. The van der Waals surface area contributed by atoms with Gasteiger partial charge in [-0.15, -0.1) is 13.2 Å². The van der Waals surface area contributed by atoms with Crippen molar-refractivity contribution in [1.82, 2.24) is 20.9 Å². The highest BCUT2D eigenvalue weighted by atomic mass is 16.6. The number of carbonyl (C=O) groups excluding carboxylic acids is 5. The van der Waals surface area contributed by atoms with Crippen molar-refractivity contribution in [2.45, 2.75) is 82.7 Å². The number of esters is 1. The van der Waals surface area contributed by atoms with Crippen LogP contribution < -0.4 is 16.0 Å². The third-order valence-electron chi connectivity index (χ3n) is 8.58. The fourth-order valence-corrected chi connectivity index (χ4v) is 5.73. The summed E-state index contributed by atoms with van der Waals surface area (Å²) in [6.45, 7) is 8.08.